The molecule has 0 spiro atoms. The van der Waals surface area contributed by atoms with Crippen LogP contribution < -0.4 is 0 Å². The molecule has 0 radical (unpaired) electrons. The zero-order chi connectivity index (χ0) is 22.7. The summed E-state index contributed by atoms with van der Waals surface area (Å²) < 4.78 is 5.91. The van der Waals surface area contributed by atoms with E-state index in [9.17, 15) is 14.7 Å². The molecule has 4 nitrogen and oxygen atoms in total. The molecule has 4 saturated carbocycles. The number of Topliss-reactive ketones (excluding diaryl/α,β-unsaturated/α-hetero) is 1. The average Bonchev–Trinajstić information content (AvgIpc) is 3.00. The molecule has 11 atom stereocenters. The highest BCUT2D eigenvalue weighted by Crippen LogP contribution is 2.69. The third-order valence-corrected chi connectivity index (χ3v) is 11.7. The Bertz CT molecular complexity index is 724. The van der Waals surface area contributed by atoms with Gasteiger partial charge in [-0.1, -0.05) is 43.6 Å². The van der Waals surface area contributed by atoms with E-state index in [1.807, 2.05) is 0 Å². The summed E-state index contributed by atoms with van der Waals surface area (Å²) in [5, 5.41) is 11.4. The van der Waals surface area contributed by atoms with Crippen molar-refractivity contribution >= 4 is 27.7 Å². The van der Waals surface area contributed by atoms with Gasteiger partial charge in [0.1, 0.15) is 11.9 Å². The predicted octanol–water partition coefficient (Wildman–Crippen LogP) is 5.54. The molecule has 176 valence electrons. The second-order valence-electron chi connectivity index (χ2n) is 11.7. The van der Waals surface area contributed by atoms with Crippen molar-refractivity contribution in [1.82, 2.24) is 0 Å². The maximum atomic E-state index is 12.4. The van der Waals surface area contributed by atoms with Crippen molar-refractivity contribution < 1.29 is 19.4 Å². The maximum absolute atomic E-state index is 12.4. The van der Waals surface area contributed by atoms with Crippen LogP contribution >= 0.6 is 15.9 Å². The SMILES string of the molecule is CC[C@@H](Br)[C@@H](O)[C@@H]1C[C@H](OC(C)=O)[C@@]2(C)CC[C@H]3[C@@H](CC[C@H]4CC(=O)C[C@H](C)[C@@]43C)[C@H]12. The molecule has 0 aromatic carbocycles. The van der Waals surface area contributed by atoms with E-state index in [0.717, 1.165) is 51.4 Å². The fraction of sp³-hybridized carbons (Fsp3) is 0.923. The Morgan fingerprint density at radius 1 is 1.26 bits per heavy atom. The van der Waals surface area contributed by atoms with Crippen LogP contribution in [0.1, 0.15) is 86.0 Å². The smallest absolute Gasteiger partial charge is 0.302 e. The second kappa shape index (κ2) is 8.42. The van der Waals surface area contributed by atoms with Gasteiger partial charge in [0, 0.05) is 30.0 Å². The fourth-order valence-corrected chi connectivity index (χ4v) is 9.24. The van der Waals surface area contributed by atoms with Crippen molar-refractivity contribution in [1.29, 1.82) is 0 Å². The van der Waals surface area contributed by atoms with Crippen LogP contribution in [0.15, 0.2) is 0 Å². The number of halogens is 1. The Morgan fingerprint density at radius 3 is 2.61 bits per heavy atom. The summed E-state index contributed by atoms with van der Waals surface area (Å²) in [4.78, 5) is 24.4. The van der Waals surface area contributed by atoms with Crippen LogP contribution in [0.25, 0.3) is 0 Å². The van der Waals surface area contributed by atoms with Crippen molar-refractivity contribution in [3.05, 3.63) is 0 Å². The van der Waals surface area contributed by atoms with Gasteiger partial charge in [0.25, 0.3) is 0 Å². The number of hydrogen-bond acceptors (Lipinski definition) is 4. The number of carbonyl (C=O) groups is 2. The van der Waals surface area contributed by atoms with Gasteiger partial charge < -0.3 is 9.84 Å². The molecule has 31 heavy (non-hydrogen) atoms. The minimum Gasteiger partial charge on any atom is -0.462 e. The lowest BCUT2D eigenvalue weighted by atomic mass is 9.42. The van der Waals surface area contributed by atoms with Crippen LogP contribution in [0.3, 0.4) is 0 Å². The molecule has 0 aromatic heterocycles. The molecule has 0 amide bonds. The third-order valence-electron chi connectivity index (χ3n) is 10.5. The summed E-state index contributed by atoms with van der Waals surface area (Å²) in [5.74, 6) is 2.80. The van der Waals surface area contributed by atoms with Gasteiger partial charge in [0.15, 0.2) is 0 Å². The van der Waals surface area contributed by atoms with Gasteiger partial charge in [0.2, 0.25) is 0 Å². The zero-order valence-corrected chi connectivity index (χ0v) is 21.5. The first-order valence-electron chi connectivity index (χ1n) is 12.5. The molecule has 4 rings (SSSR count). The second-order valence-corrected chi connectivity index (χ2v) is 12.9. The van der Waals surface area contributed by atoms with Crippen LogP contribution in [0.5, 0.6) is 0 Å². The van der Waals surface area contributed by atoms with Gasteiger partial charge in [0.05, 0.1) is 6.10 Å². The predicted molar refractivity (Wildman–Crippen MR) is 125 cm³/mol. The number of ether oxygens (including phenoxy) is 1. The van der Waals surface area contributed by atoms with E-state index in [1.54, 1.807) is 0 Å². The average molecular weight is 498 g/mol. The van der Waals surface area contributed by atoms with E-state index in [-0.39, 0.29) is 33.6 Å². The Kier molecular flexibility index (Phi) is 6.44. The highest BCUT2D eigenvalue weighted by atomic mass is 79.9. The number of carbonyl (C=O) groups excluding carboxylic acids is 2. The third kappa shape index (κ3) is 3.64. The molecule has 0 aliphatic heterocycles. The van der Waals surface area contributed by atoms with Crippen LogP contribution in [0.4, 0.5) is 0 Å². The number of alkyl halides is 1. The van der Waals surface area contributed by atoms with Crippen molar-refractivity contribution in [3.8, 4) is 0 Å². The lowest BCUT2D eigenvalue weighted by Gasteiger charge is -2.62. The van der Waals surface area contributed by atoms with Crippen LogP contribution in [-0.2, 0) is 14.3 Å². The number of aliphatic hydroxyl groups excluding tert-OH is 1. The number of esters is 1. The molecule has 5 heteroatoms. The van der Waals surface area contributed by atoms with E-state index in [4.69, 9.17) is 4.74 Å². The molecule has 0 aromatic rings. The normalized spacial score (nSPS) is 48.9. The molecular formula is C26H41BrO4. The van der Waals surface area contributed by atoms with Gasteiger partial charge in [-0.25, -0.2) is 0 Å². The van der Waals surface area contributed by atoms with Crippen LogP contribution in [0, 0.1) is 46.3 Å². The molecule has 4 aliphatic carbocycles. The number of hydrogen-bond donors (Lipinski definition) is 1. The monoisotopic (exact) mass is 496 g/mol. The van der Waals surface area contributed by atoms with Gasteiger partial charge in [-0.15, -0.1) is 0 Å². The minimum atomic E-state index is -0.426. The summed E-state index contributed by atoms with van der Waals surface area (Å²) >= 11 is 3.73. The molecular weight excluding hydrogens is 456 g/mol. The molecule has 1 N–H and O–H groups in total. The van der Waals surface area contributed by atoms with E-state index >= 15 is 0 Å². The summed E-state index contributed by atoms with van der Waals surface area (Å²) in [6.45, 7) is 10.7. The lowest BCUT2D eigenvalue weighted by molar-refractivity contribution is -0.170. The first kappa shape index (κ1) is 23.7. The van der Waals surface area contributed by atoms with Crippen molar-refractivity contribution in [3.63, 3.8) is 0 Å². The standard InChI is InChI=1S/C26H41BrO4/c1-6-21(27)24(30)19-13-22(31-15(3)28)25(4)10-9-20-18(23(19)25)8-7-16-12-17(29)11-14(2)26(16,20)5/h14,16,18-24,30H,6-13H2,1-5H3/t14-,16-,18+,19+,20-,21+,22-,23+,24-,25+,26-/m0/s1. The summed E-state index contributed by atoms with van der Waals surface area (Å²) in [6, 6.07) is 0. The Hall–Kier alpha value is -0.420. The zero-order valence-electron chi connectivity index (χ0n) is 19.9. The van der Waals surface area contributed by atoms with Crippen molar-refractivity contribution in [2.45, 2.75) is 103 Å². The quantitative estimate of drug-likeness (QED) is 0.410. The molecule has 0 saturated heterocycles. The molecule has 0 bridgehead atoms. The highest BCUT2D eigenvalue weighted by molar-refractivity contribution is 9.09. The fourth-order valence-electron chi connectivity index (χ4n) is 8.85. The minimum absolute atomic E-state index is 0.0661. The first-order valence-corrected chi connectivity index (χ1v) is 13.5. The van der Waals surface area contributed by atoms with Gasteiger partial charge in [-0.2, -0.15) is 0 Å². The van der Waals surface area contributed by atoms with E-state index in [0.29, 0.717) is 35.4 Å². The Morgan fingerprint density at radius 2 is 1.97 bits per heavy atom. The van der Waals surface area contributed by atoms with Crippen LogP contribution in [0.2, 0.25) is 0 Å². The summed E-state index contributed by atoms with van der Waals surface area (Å²) in [5.41, 5.74) is 0.127. The number of aliphatic hydroxyl groups is 1. The van der Waals surface area contributed by atoms with Gasteiger partial charge in [-0.05, 0) is 79.4 Å². The number of ketones is 1. The van der Waals surface area contributed by atoms with E-state index in [2.05, 4.69) is 43.6 Å². The molecule has 0 unspecified atom stereocenters. The van der Waals surface area contributed by atoms with Gasteiger partial charge in [-0.3, -0.25) is 9.59 Å². The maximum Gasteiger partial charge on any atom is 0.302 e. The van der Waals surface area contributed by atoms with Crippen LogP contribution in [-0.4, -0.2) is 33.9 Å². The summed E-state index contributed by atoms with van der Waals surface area (Å²) in [6.07, 6.45) is 7.04. The summed E-state index contributed by atoms with van der Waals surface area (Å²) in [7, 11) is 0. The lowest BCUT2D eigenvalue weighted by Crippen LogP contribution is -2.58. The number of fused-ring (bicyclic) bond motifs is 5. The van der Waals surface area contributed by atoms with E-state index in [1.165, 1.54) is 6.92 Å². The molecule has 0 heterocycles. The van der Waals surface area contributed by atoms with Crippen molar-refractivity contribution in [2.75, 3.05) is 0 Å². The molecule has 4 fully saturated rings. The molecule has 4 aliphatic rings. The Labute approximate surface area is 196 Å². The Balaban J connectivity index is 1.71. The van der Waals surface area contributed by atoms with E-state index < -0.39 is 6.10 Å². The number of rotatable bonds is 4. The highest BCUT2D eigenvalue weighted by Gasteiger charge is 2.65. The topological polar surface area (TPSA) is 63.6 Å². The largest absolute Gasteiger partial charge is 0.462 e. The van der Waals surface area contributed by atoms with Crippen molar-refractivity contribution in [2.24, 2.45) is 46.3 Å². The first-order chi connectivity index (χ1) is 14.5. The van der Waals surface area contributed by atoms with Gasteiger partial charge >= 0.3 is 5.97 Å².